The first kappa shape index (κ1) is 112. The molecule has 0 aliphatic heterocycles. The van der Waals surface area contributed by atoms with Crippen molar-refractivity contribution in [3.63, 3.8) is 0 Å². The summed E-state index contributed by atoms with van der Waals surface area (Å²) in [4.78, 5) is 94.7. The van der Waals surface area contributed by atoms with Crippen LogP contribution < -0.4 is 11.5 Å². The van der Waals surface area contributed by atoms with Gasteiger partial charge in [-0.15, -0.1) is 29.6 Å². The number of aromatic nitrogens is 3. The number of hydrogen-bond acceptors (Lipinski definition) is 19. The molecule has 0 aliphatic carbocycles. The van der Waals surface area contributed by atoms with E-state index in [2.05, 4.69) is 103 Å². The summed E-state index contributed by atoms with van der Waals surface area (Å²) in [6, 6.07) is 43.8. The van der Waals surface area contributed by atoms with E-state index >= 15 is 0 Å². The number of alkyl halides is 2. The summed E-state index contributed by atoms with van der Waals surface area (Å²) in [6.07, 6.45) is 6.15. The normalized spacial score (nSPS) is 11.1. The molecule has 8 N–H and O–H groups in total. The molecule has 0 radical (unpaired) electrons. The predicted octanol–water partition coefficient (Wildman–Crippen LogP) is 24.6. The average Bonchev–Trinajstić information content (AvgIpc) is 1.64. The molecule has 0 unspecified atom stereocenters. The Morgan fingerprint density at radius 3 is 1.09 bits per heavy atom. The van der Waals surface area contributed by atoms with Crippen molar-refractivity contribution in [1.29, 1.82) is 0 Å². The van der Waals surface area contributed by atoms with Gasteiger partial charge in [0.25, 0.3) is 0 Å². The van der Waals surface area contributed by atoms with Crippen LogP contribution in [0.2, 0.25) is 18.1 Å². The molecule has 696 valence electrons. The van der Waals surface area contributed by atoms with Crippen LogP contribution in [-0.2, 0) is 80.6 Å². The number of carbonyl (C=O) groups is 3. The third-order valence-corrected chi connectivity index (χ3v) is 25.4. The Hall–Kier alpha value is -11.1. The Morgan fingerprint density at radius 1 is 0.488 bits per heavy atom. The molecule has 27 nitrogen and oxygen atoms in total. The van der Waals surface area contributed by atoms with Gasteiger partial charge in [-0.1, -0.05) is 177 Å². The van der Waals surface area contributed by atoms with Gasteiger partial charge in [0.15, 0.2) is 7.38 Å². The number of esters is 3. The standard InChI is InChI=1S/2C19H17FN2O4.C13H15FN2O2.C13H14O2.C12H13FN2O3.C6H4BrFN2O2.C6H15ClSi.CH2Cl2.2ClH.Pd/c1-19(2,18(23)26-11-12-6-4-3-5-7-12)17-9-13-8-16(22(24)25)14(20)10-15(13)21-17;1-19(2,18(23)26-12-13-6-4-3-5-7-13)9-8-14-10-17(22(24)25)15(20)11-16(14)21;1-4-13(2,3)12-6-8-5-11(16(17)18)9(14)7-10(8)15-12;1-4-13(2,3)12(14)15-10-11-8-6-5-7-9-11;1-12(2,6-16)11-4-7-3-10(15(17)18)8(13)5-9(7)14-11;7-3-1-6(10(11)12)4(8)2-5(3)9;1-6(2,3)8(4,5)7;2-1-3;;;/h3-10,21H,11H2,1-2H3;3-7,10-11H,12,21H2,1-2H3;5-7,15H,4H2,1-3H3;1,5-9H,10H2,2-3H3;3-5,14,16H,6H2,1-2H3;1-2H,9H2;1-5H3;1H2;2*1H;/q;;;;;;;;;;+2/p-2. The predicted molar refractivity (Wildman–Crippen MR) is 497 cm³/mol. The van der Waals surface area contributed by atoms with E-state index in [1.54, 1.807) is 53.7 Å². The number of carbonyl (C=O) groups excluding carboxylic acids is 3. The van der Waals surface area contributed by atoms with Gasteiger partial charge in [-0.25, -0.2) is 0 Å². The Labute approximate surface area is 781 Å². The fourth-order valence-corrected chi connectivity index (χ4v) is 10.2. The van der Waals surface area contributed by atoms with Gasteiger partial charge < -0.3 is 45.7 Å². The van der Waals surface area contributed by atoms with E-state index in [0.717, 1.165) is 71.3 Å². The van der Waals surface area contributed by atoms with Crippen LogP contribution in [0.5, 0.6) is 0 Å². The molecule has 0 saturated carbocycles. The first-order chi connectivity index (χ1) is 59.8. The molecule has 40 heteroatoms. The van der Waals surface area contributed by atoms with Gasteiger partial charge in [-0.05, 0) is 104 Å². The van der Waals surface area contributed by atoms with Gasteiger partial charge >= 0.3 is 81.3 Å². The van der Waals surface area contributed by atoms with Gasteiger partial charge in [0.1, 0.15) is 36.1 Å². The number of rotatable bonds is 19. The maximum atomic E-state index is 13.8. The number of nitrogens with zero attached hydrogens (tertiary/aromatic N) is 5. The quantitative estimate of drug-likeness (QED) is 0.00418. The van der Waals surface area contributed by atoms with Crippen LogP contribution in [0, 0.1) is 115 Å². The third kappa shape index (κ3) is 34.4. The second kappa shape index (κ2) is 50.2. The Bertz CT molecular complexity index is 5730. The van der Waals surface area contributed by atoms with Gasteiger partial charge in [0.2, 0.25) is 29.1 Å². The number of fused-ring (bicyclic) bond motifs is 3. The molecule has 0 saturated heterocycles. The van der Waals surface area contributed by atoms with Crippen molar-refractivity contribution >= 4 is 167 Å². The molecule has 0 amide bonds. The molecular formula is C89H97BrCl5F5N10O17PdSi. The molecule has 0 fully saturated rings. The Morgan fingerprint density at radius 2 is 0.775 bits per heavy atom. The number of nitro benzene ring substituents is 5. The molecule has 8 aromatic carbocycles. The van der Waals surface area contributed by atoms with E-state index in [-0.39, 0.29) is 76.0 Å². The summed E-state index contributed by atoms with van der Waals surface area (Å²) in [5, 5.41) is 64.7. The Balaban J connectivity index is 0.000000393. The zero-order chi connectivity index (χ0) is 98.2. The van der Waals surface area contributed by atoms with Crippen molar-refractivity contribution in [2.75, 3.05) is 23.4 Å². The molecule has 3 aromatic heterocycles. The van der Waals surface area contributed by atoms with Gasteiger partial charge in [0.05, 0.1) is 47.8 Å². The number of ether oxygens (including phenoxy) is 3. The van der Waals surface area contributed by atoms with Crippen molar-refractivity contribution in [3.8, 4) is 24.2 Å². The van der Waals surface area contributed by atoms with E-state index in [1.807, 2.05) is 111 Å². The van der Waals surface area contributed by atoms with Crippen LogP contribution >= 0.6 is 69.3 Å². The van der Waals surface area contributed by atoms with Crippen molar-refractivity contribution in [2.45, 2.75) is 158 Å². The summed E-state index contributed by atoms with van der Waals surface area (Å²) in [5.41, 5.74) is 10.8. The molecule has 129 heavy (non-hydrogen) atoms. The summed E-state index contributed by atoms with van der Waals surface area (Å²) in [6.45, 7) is 31.0. The number of nitro groups is 5. The molecule has 11 rings (SSSR count). The van der Waals surface area contributed by atoms with Crippen LogP contribution in [0.3, 0.4) is 0 Å². The fourth-order valence-electron chi connectivity index (χ4n) is 9.86. The van der Waals surface area contributed by atoms with Crippen LogP contribution in [0.15, 0.2) is 174 Å². The van der Waals surface area contributed by atoms with Gasteiger partial charge in [0, 0.05) is 131 Å². The minimum absolute atomic E-state index is 0.0472. The number of aliphatic hydroxyl groups excluding tert-OH is 1. The fraction of sp³-hybridized carbons (Fsp3) is 0.315. The number of aliphatic hydroxyl groups is 1. The van der Waals surface area contributed by atoms with Crippen molar-refractivity contribution < 1.29 is 96.2 Å². The zero-order valence-electron chi connectivity index (χ0n) is 72.8. The van der Waals surface area contributed by atoms with Crippen LogP contribution in [0.4, 0.5) is 61.8 Å². The first-order valence-corrected chi connectivity index (χ1v) is 48.2. The van der Waals surface area contributed by atoms with E-state index < -0.39 is 123 Å². The SMILES string of the molecule is C#CC(C)(C)C(=O)OCc1ccccc1.CC(C)(C#Cc1cc([N+](=O)[O-])c(F)cc1N)C(=O)OCc1ccccc1.CC(C)(C(=O)OCc1ccccc1)c1cc2cc([N+](=O)[O-])c(F)cc2[nH]1.CC(C)(C)[Si](C)(C)Cl.CC(C)(CO)c1cc2cc([N+](=O)[O-])c(F)cc2[nH]1.CCC(C)(C)c1cc2cc([N+](=O)[O-])c(F)cc2[nH]1.ClCCl.Nc1cc(F)c([N+](=O)[O-])cc1Br.[Cl][Pd][Cl]. The average molecular weight is 2070 g/mol. The number of H-pyrrole nitrogens is 3. The molecule has 11 aromatic rings. The van der Waals surface area contributed by atoms with E-state index in [9.17, 15) is 92.0 Å². The number of nitrogens with two attached hydrogens (primary N) is 2. The second-order valence-corrected chi connectivity index (χ2v) is 43.6. The number of anilines is 2. The van der Waals surface area contributed by atoms with Gasteiger partial charge in [-0.3, -0.25) is 65.0 Å². The molecule has 0 atom stereocenters. The van der Waals surface area contributed by atoms with Crippen LogP contribution in [0.25, 0.3) is 32.7 Å². The van der Waals surface area contributed by atoms with Gasteiger partial charge in [-0.2, -0.15) is 33.0 Å². The number of nitrogens with one attached hydrogen (secondary N) is 3. The number of halogens is 11. The minimum atomic E-state index is -1.39. The number of aromatic amines is 3. The number of hydrogen-bond donors (Lipinski definition) is 6. The summed E-state index contributed by atoms with van der Waals surface area (Å²) >= 11 is 18.5. The number of nitrogen functional groups attached to an aromatic ring is 2. The van der Waals surface area contributed by atoms with Crippen LogP contribution in [0.1, 0.15) is 143 Å². The molecule has 0 spiro atoms. The van der Waals surface area contributed by atoms with Crippen molar-refractivity contribution in [2.24, 2.45) is 10.8 Å². The first-order valence-electron chi connectivity index (χ1n) is 38.3. The number of terminal acetylenes is 1. The second-order valence-electron chi connectivity index (χ2n) is 32.3. The molecular weight excluding hydrogens is 1970 g/mol. The van der Waals surface area contributed by atoms with Crippen molar-refractivity contribution in [1.82, 2.24) is 15.0 Å². The summed E-state index contributed by atoms with van der Waals surface area (Å²) in [7, 11) is 8.24. The molecule has 0 aliphatic rings. The topological polar surface area (TPSA) is 414 Å². The van der Waals surface area contributed by atoms with E-state index in [4.69, 9.17) is 85.4 Å². The van der Waals surface area contributed by atoms with E-state index in [0.29, 0.717) is 53.6 Å². The third-order valence-electron chi connectivity index (χ3n) is 19.5. The maximum absolute atomic E-state index is 13.8. The van der Waals surface area contributed by atoms with Crippen molar-refractivity contribution in [3.05, 3.63) is 293 Å². The number of benzene rings is 8. The summed E-state index contributed by atoms with van der Waals surface area (Å²) in [5.74, 6) is 1.74. The molecule has 0 bridgehead atoms. The van der Waals surface area contributed by atoms with E-state index in [1.165, 1.54) is 18.2 Å². The van der Waals surface area contributed by atoms with Crippen LogP contribution in [-0.4, -0.2) is 81.9 Å². The zero-order valence-corrected chi connectivity index (χ0v) is 80.7. The molecule has 3 heterocycles. The monoisotopic (exact) mass is 2060 g/mol. The Kier molecular flexibility index (Phi) is 43.6. The summed E-state index contributed by atoms with van der Waals surface area (Å²) < 4.78 is 83.0.